The van der Waals surface area contributed by atoms with Crippen LogP contribution in [0.15, 0.2) is 65.0 Å². The van der Waals surface area contributed by atoms with Gasteiger partial charge in [-0.2, -0.15) is 0 Å². The molecule has 10 heteroatoms. The van der Waals surface area contributed by atoms with Crippen molar-refractivity contribution < 1.29 is 29.0 Å². The number of fused-ring (bicyclic) bond motifs is 3. The van der Waals surface area contributed by atoms with Crippen LogP contribution < -0.4 is 21.3 Å². The van der Waals surface area contributed by atoms with Crippen LogP contribution in [0.4, 0.5) is 0 Å². The van der Waals surface area contributed by atoms with Crippen molar-refractivity contribution in [3.63, 3.8) is 0 Å². The highest BCUT2D eigenvalue weighted by Gasteiger charge is 2.85. The van der Waals surface area contributed by atoms with E-state index in [1.807, 2.05) is 26.1 Å². The van der Waals surface area contributed by atoms with E-state index < -0.39 is 23.0 Å². The third-order valence-corrected chi connectivity index (χ3v) is 14.0. The molecule has 6 atom stereocenters. The number of carbonyl (C=O) groups excluding carboxylic acids is 3. The number of hydrogen-bond acceptors (Lipinski definition) is 10. The molecule has 7 rings (SSSR count). The van der Waals surface area contributed by atoms with Crippen molar-refractivity contribution in [2.45, 2.75) is 122 Å². The number of nitrogens with one attached hydrogen (secondary N) is 4. The van der Waals surface area contributed by atoms with Gasteiger partial charge in [0.15, 0.2) is 11.4 Å². The quantitative estimate of drug-likeness (QED) is 0.0417. The first-order valence-corrected chi connectivity index (χ1v) is 21.8. The first-order chi connectivity index (χ1) is 27.5. The molecule has 0 unspecified atom stereocenters. The van der Waals surface area contributed by atoms with Crippen molar-refractivity contribution in [1.82, 2.24) is 21.3 Å². The van der Waals surface area contributed by atoms with Crippen LogP contribution in [0.25, 0.3) is 0 Å². The van der Waals surface area contributed by atoms with Crippen LogP contribution >= 0.6 is 0 Å². The van der Waals surface area contributed by atoms with E-state index in [4.69, 9.17) is 9.47 Å². The highest BCUT2D eigenvalue weighted by atomic mass is 16.7. The zero-order valence-corrected chi connectivity index (χ0v) is 34.9. The Kier molecular flexibility index (Phi) is 12.7. The summed E-state index contributed by atoms with van der Waals surface area (Å²) in [6.45, 7) is 10.3. The van der Waals surface area contributed by atoms with E-state index >= 15 is 0 Å². The second-order valence-electron chi connectivity index (χ2n) is 18.2. The van der Waals surface area contributed by atoms with E-state index in [2.05, 4.69) is 66.3 Å². The molecule has 6 aliphatic rings. The van der Waals surface area contributed by atoms with Gasteiger partial charge in [0.1, 0.15) is 5.82 Å². The summed E-state index contributed by atoms with van der Waals surface area (Å²) in [4.78, 5) is 44.6. The summed E-state index contributed by atoms with van der Waals surface area (Å²) in [5.41, 5.74) is 0.177. The third kappa shape index (κ3) is 7.84. The van der Waals surface area contributed by atoms with Gasteiger partial charge in [0.05, 0.1) is 19.9 Å². The molecule has 1 aromatic carbocycles. The minimum absolute atomic E-state index is 0.0517. The second kappa shape index (κ2) is 17.3. The summed E-state index contributed by atoms with van der Waals surface area (Å²) in [7, 11) is 1.91. The Hall–Kier alpha value is -3.57. The lowest BCUT2D eigenvalue weighted by Crippen LogP contribution is -2.52. The molecule has 0 bridgehead atoms. The van der Waals surface area contributed by atoms with Crippen LogP contribution in [0.5, 0.6) is 0 Å². The van der Waals surface area contributed by atoms with E-state index in [0.717, 1.165) is 81.4 Å². The predicted molar refractivity (Wildman–Crippen MR) is 222 cm³/mol. The number of dihydropyridines is 1. The van der Waals surface area contributed by atoms with Gasteiger partial charge in [-0.3, -0.25) is 9.59 Å². The van der Waals surface area contributed by atoms with Crippen LogP contribution in [0.2, 0.25) is 0 Å². The SMILES string of the molecule is CCN[C@H]1C[C@H]2C=CCC[C@H]2C[C@@H]1COC(=O)[C@]12O[C@@]1(C/C(CO)=C(\C)CC1(C3=CCNC(NCNC)=C3)CCCCC1)C(=O)c1cccc(CC(C)C)c1C2=O. The van der Waals surface area contributed by atoms with Crippen molar-refractivity contribution in [3.8, 4) is 0 Å². The monoisotopic (exact) mass is 782 g/mol. The minimum atomic E-state index is -2.10. The number of carbonyl (C=O) groups is 3. The summed E-state index contributed by atoms with van der Waals surface area (Å²) in [5, 5.41) is 24.7. The number of rotatable bonds is 16. The molecule has 2 saturated carbocycles. The minimum Gasteiger partial charge on any atom is -0.463 e. The van der Waals surface area contributed by atoms with E-state index in [9.17, 15) is 19.5 Å². The highest BCUT2D eigenvalue weighted by molar-refractivity contribution is 6.33. The average molecular weight is 783 g/mol. The fraction of sp³-hybridized carbons (Fsp3) is 0.638. The maximum atomic E-state index is 15.0. The topological polar surface area (TPSA) is 141 Å². The molecule has 5 N–H and O–H groups in total. The summed E-state index contributed by atoms with van der Waals surface area (Å²) < 4.78 is 12.7. The number of epoxide rings is 1. The smallest absolute Gasteiger partial charge is 0.350 e. The zero-order valence-electron chi connectivity index (χ0n) is 34.9. The van der Waals surface area contributed by atoms with Crippen molar-refractivity contribution in [1.29, 1.82) is 0 Å². The maximum absolute atomic E-state index is 15.0. The number of aliphatic hydroxyl groups excluding tert-OH is 1. The van der Waals surface area contributed by atoms with Gasteiger partial charge in [0, 0.05) is 36.1 Å². The fourth-order valence-electron chi connectivity index (χ4n) is 11.1. The fourth-order valence-corrected chi connectivity index (χ4v) is 11.1. The Bertz CT molecular complexity index is 1820. The van der Waals surface area contributed by atoms with Gasteiger partial charge in [-0.1, -0.05) is 82.0 Å². The number of hydrogen-bond donors (Lipinski definition) is 5. The Morgan fingerprint density at radius 2 is 1.91 bits per heavy atom. The molecule has 310 valence electrons. The second-order valence-corrected chi connectivity index (χ2v) is 18.2. The van der Waals surface area contributed by atoms with Gasteiger partial charge in [0.2, 0.25) is 5.78 Å². The Morgan fingerprint density at radius 3 is 2.65 bits per heavy atom. The number of ketones is 2. The molecule has 10 nitrogen and oxygen atoms in total. The van der Waals surface area contributed by atoms with Crippen molar-refractivity contribution in [2.75, 3.05) is 40.0 Å². The lowest BCUT2D eigenvalue weighted by Gasteiger charge is -2.42. The van der Waals surface area contributed by atoms with Crippen molar-refractivity contribution >= 4 is 17.5 Å². The molecule has 2 aliphatic heterocycles. The van der Waals surface area contributed by atoms with Crippen LogP contribution in [-0.4, -0.2) is 79.9 Å². The summed E-state index contributed by atoms with van der Waals surface area (Å²) in [5.74, 6) is 0.678. The Labute approximate surface area is 339 Å². The van der Waals surface area contributed by atoms with Gasteiger partial charge in [0.25, 0.3) is 5.60 Å². The van der Waals surface area contributed by atoms with Crippen LogP contribution in [0, 0.1) is 29.1 Å². The lowest BCUT2D eigenvalue weighted by atomic mass is 9.64. The number of allylic oxidation sites excluding steroid dienone is 5. The Morgan fingerprint density at radius 1 is 1.11 bits per heavy atom. The van der Waals surface area contributed by atoms with E-state index in [1.165, 1.54) is 12.0 Å². The molecule has 1 aromatic rings. The molecule has 0 amide bonds. The average Bonchev–Trinajstić information content (AvgIpc) is 3.92. The molecule has 57 heavy (non-hydrogen) atoms. The normalized spacial score (nSPS) is 30.6. The van der Waals surface area contributed by atoms with Gasteiger partial charge < -0.3 is 35.8 Å². The number of Topliss-reactive ketones (excluding diaryl/α,β-unsaturated/α-hetero) is 2. The molecule has 4 aliphatic carbocycles. The molecule has 3 fully saturated rings. The highest BCUT2D eigenvalue weighted by Crippen LogP contribution is 2.60. The van der Waals surface area contributed by atoms with Crippen LogP contribution in [-0.2, 0) is 20.7 Å². The number of esters is 1. The molecule has 0 spiro atoms. The van der Waals surface area contributed by atoms with Gasteiger partial charge in [-0.25, -0.2) is 4.79 Å². The zero-order chi connectivity index (χ0) is 40.4. The molecule has 1 saturated heterocycles. The van der Waals surface area contributed by atoms with Gasteiger partial charge >= 0.3 is 5.97 Å². The molecule has 2 heterocycles. The summed E-state index contributed by atoms with van der Waals surface area (Å²) in [6, 6.07) is 5.57. The molecular weight excluding hydrogens is 717 g/mol. The number of ether oxygens (including phenoxy) is 2. The van der Waals surface area contributed by atoms with E-state index in [1.54, 1.807) is 6.07 Å². The first-order valence-electron chi connectivity index (χ1n) is 21.8. The standard InChI is InChI=1S/C47H66N4O6/c1-6-49-39-23-33-14-9-8-13-32(33)22-35(39)28-56-44(55)47-43(54)41-34(21-30(2)3)15-12-16-38(41)42(53)46(47,57-47)26-36(27-52)31(4)25-45(18-10-7-11-19-45)37-17-20-50-40(24-37)51-29-48-5/h9,12,14-17,24,30,32-33,35,39,48-52H,6-8,10-11,13,18-23,25-29H2,1-5H3/b36-31-/t32-,33+,35+,39-,46-,47-/m0/s1. The largest absolute Gasteiger partial charge is 0.463 e. The number of aliphatic hydroxyl groups is 1. The molecular formula is C47H66N4O6. The van der Waals surface area contributed by atoms with Gasteiger partial charge in [-0.05, 0) is 118 Å². The van der Waals surface area contributed by atoms with Crippen LogP contribution in [0.3, 0.4) is 0 Å². The summed E-state index contributed by atoms with van der Waals surface area (Å²) >= 11 is 0. The Balaban J connectivity index is 1.21. The molecule has 0 radical (unpaired) electrons. The summed E-state index contributed by atoms with van der Waals surface area (Å²) in [6.07, 6.45) is 19.9. The maximum Gasteiger partial charge on any atom is 0.350 e. The van der Waals surface area contributed by atoms with Crippen LogP contribution in [0.1, 0.15) is 125 Å². The van der Waals surface area contributed by atoms with Gasteiger partial charge in [-0.15, -0.1) is 0 Å². The van der Waals surface area contributed by atoms with Crippen molar-refractivity contribution in [2.24, 2.45) is 29.1 Å². The van der Waals surface area contributed by atoms with E-state index in [-0.39, 0.29) is 54.3 Å². The van der Waals surface area contributed by atoms with Crippen molar-refractivity contribution in [3.05, 3.63) is 81.7 Å². The first kappa shape index (κ1) is 41.6. The lowest BCUT2D eigenvalue weighted by molar-refractivity contribution is -0.150. The molecule has 0 aromatic heterocycles. The predicted octanol–water partition coefficient (Wildman–Crippen LogP) is 6.46. The number of benzene rings is 1. The van der Waals surface area contributed by atoms with E-state index in [0.29, 0.717) is 42.5 Å². The third-order valence-electron chi connectivity index (χ3n) is 14.0.